The number of halogens is 1. The van der Waals surface area contributed by atoms with E-state index in [1.54, 1.807) is 4.90 Å². The summed E-state index contributed by atoms with van der Waals surface area (Å²) in [5.41, 5.74) is 1.86. The predicted octanol–water partition coefficient (Wildman–Crippen LogP) is 3.01. The van der Waals surface area contributed by atoms with Gasteiger partial charge in [0.05, 0.1) is 12.3 Å². The second-order valence-corrected chi connectivity index (χ2v) is 10.1. The van der Waals surface area contributed by atoms with Crippen molar-refractivity contribution in [2.45, 2.75) is 18.7 Å². The molecule has 1 saturated heterocycles. The van der Waals surface area contributed by atoms with Crippen molar-refractivity contribution >= 4 is 27.5 Å². The Morgan fingerprint density at radius 3 is 2.23 bits per heavy atom. The Morgan fingerprint density at radius 1 is 1.03 bits per heavy atom. The van der Waals surface area contributed by atoms with Crippen LogP contribution in [-0.2, 0) is 20.6 Å². The van der Waals surface area contributed by atoms with Gasteiger partial charge in [-0.05, 0) is 37.2 Å². The molecule has 1 unspecified atom stereocenters. The fraction of sp³-hybridized carbons (Fsp3) is 0.409. The van der Waals surface area contributed by atoms with Gasteiger partial charge in [0, 0.05) is 37.2 Å². The minimum absolute atomic E-state index is 0.0108. The summed E-state index contributed by atoms with van der Waals surface area (Å²) in [6.45, 7) is 3.81. The number of piperazine rings is 1. The van der Waals surface area contributed by atoms with Crippen molar-refractivity contribution in [1.82, 2.24) is 14.1 Å². The van der Waals surface area contributed by atoms with Gasteiger partial charge in [-0.1, -0.05) is 54.1 Å². The molecule has 1 heterocycles. The molecule has 3 rings (SSSR count). The molecule has 2 aromatic rings. The van der Waals surface area contributed by atoms with Gasteiger partial charge >= 0.3 is 0 Å². The summed E-state index contributed by atoms with van der Waals surface area (Å²) in [6.07, 6.45) is 0. The highest BCUT2D eigenvalue weighted by atomic mass is 35.5. The maximum atomic E-state index is 12.7. The van der Waals surface area contributed by atoms with Crippen LogP contribution in [-0.4, -0.2) is 68.2 Å². The van der Waals surface area contributed by atoms with Gasteiger partial charge in [0.25, 0.3) is 0 Å². The van der Waals surface area contributed by atoms with Crippen LogP contribution in [0.1, 0.15) is 24.1 Å². The van der Waals surface area contributed by atoms with Crippen molar-refractivity contribution in [1.29, 1.82) is 0 Å². The summed E-state index contributed by atoms with van der Waals surface area (Å²) in [5, 5.41) is 0.685. The zero-order chi connectivity index (χ0) is 21.7. The normalized spacial score (nSPS) is 16.6. The number of rotatable bonds is 7. The number of amides is 1. The molecule has 8 heteroatoms. The SMILES string of the molecule is CC(c1ccc(Cl)cc1)N(C)CC(=O)N1CCN(S(=O)(=O)Cc2ccccc2)CC1. The lowest BCUT2D eigenvalue weighted by atomic mass is 10.1. The first-order valence-corrected chi connectivity index (χ1v) is 12.0. The van der Waals surface area contributed by atoms with Crippen molar-refractivity contribution in [3.05, 3.63) is 70.7 Å². The number of hydrogen-bond donors (Lipinski definition) is 0. The zero-order valence-electron chi connectivity index (χ0n) is 17.4. The summed E-state index contributed by atoms with van der Waals surface area (Å²) in [7, 11) is -1.47. The van der Waals surface area contributed by atoms with Crippen LogP contribution < -0.4 is 0 Å². The molecule has 1 atom stereocenters. The molecule has 6 nitrogen and oxygen atoms in total. The number of sulfonamides is 1. The second kappa shape index (κ2) is 9.92. The summed E-state index contributed by atoms with van der Waals surface area (Å²) in [5.74, 6) is 0.00164. The Labute approximate surface area is 184 Å². The Morgan fingerprint density at radius 2 is 1.63 bits per heavy atom. The molecule has 2 aromatic carbocycles. The van der Waals surface area contributed by atoms with E-state index in [1.165, 1.54) is 4.31 Å². The molecule has 0 bridgehead atoms. The average Bonchev–Trinajstić information content (AvgIpc) is 2.74. The molecule has 162 valence electrons. The van der Waals surface area contributed by atoms with E-state index in [0.29, 0.717) is 31.2 Å². The first kappa shape index (κ1) is 22.7. The highest BCUT2D eigenvalue weighted by molar-refractivity contribution is 7.88. The van der Waals surface area contributed by atoms with Gasteiger partial charge in [0.15, 0.2) is 0 Å². The minimum atomic E-state index is -3.39. The number of likely N-dealkylation sites (N-methyl/N-ethyl adjacent to an activating group) is 1. The van der Waals surface area contributed by atoms with Crippen LogP contribution in [0.15, 0.2) is 54.6 Å². The molecule has 1 amide bonds. The Balaban J connectivity index is 1.51. The van der Waals surface area contributed by atoms with E-state index in [-0.39, 0.29) is 24.2 Å². The third-order valence-electron chi connectivity index (χ3n) is 5.57. The number of carbonyl (C=O) groups is 1. The molecule has 0 saturated carbocycles. The van der Waals surface area contributed by atoms with Gasteiger partial charge in [-0.2, -0.15) is 4.31 Å². The predicted molar refractivity (Wildman–Crippen MR) is 120 cm³/mol. The number of nitrogens with zero attached hydrogens (tertiary/aromatic N) is 3. The van der Waals surface area contributed by atoms with E-state index in [2.05, 4.69) is 0 Å². The van der Waals surface area contributed by atoms with E-state index < -0.39 is 10.0 Å². The van der Waals surface area contributed by atoms with Crippen LogP contribution in [0.4, 0.5) is 0 Å². The van der Waals surface area contributed by atoms with Crippen LogP contribution >= 0.6 is 11.6 Å². The molecular weight excluding hydrogens is 422 g/mol. The van der Waals surface area contributed by atoms with E-state index in [1.807, 2.05) is 73.5 Å². The summed E-state index contributed by atoms with van der Waals surface area (Å²) < 4.78 is 26.9. The smallest absolute Gasteiger partial charge is 0.236 e. The molecule has 0 radical (unpaired) electrons. The summed E-state index contributed by atoms with van der Waals surface area (Å²) in [4.78, 5) is 16.5. The van der Waals surface area contributed by atoms with E-state index in [9.17, 15) is 13.2 Å². The quantitative estimate of drug-likeness (QED) is 0.652. The molecule has 1 aliphatic heterocycles. The van der Waals surface area contributed by atoms with Crippen LogP contribution in [0.5, 0.6) is 0 Å². The first-order valence-electron chi connectivity index (χ1n) is 10.0. The third-order valence-corrected chi connectivity index (χ3v) is 7.68. The first-order chi connectivity index (χ1) is 14.3. The van der Waals surface area contributed by atoms with Gasteiger partial charge in [-0.25, -0.2) is 8.42 Å². The summed E-state index contributed by atoms with van der Waals surface area (Å²) >= 11 is 5.95. The number of benzene rings is 2. The van der Waals surface area contributed by atoms with E-state index in [0.717, 1.165) is 11.1 Å². The third kappa shape index (κ3) is 5.82. The fourth-order valence-electron chi connectivity index (χ4n) is 3.54. The van der Waals surface area contributed by atoms with Crippen LogP contribution in [0.2, 0.25) is 5.02 Å². The number of carbonyl (C=O) groups excluding carboxylic acids is 1. The molecule has 30 heavy (non-hydrogen) atoms. The Hall–Kier alpha value is -1.93. The highest BCUT2D eigenvalue weighted by Gasteiger charge is 2.29. The number of hydrogen-bond acceptors (Lipinski definition) is 4. The maximum Gasteiger partial charge on any atom is 0.236 e. The van der Waals surface area contributed by atoms with Gasteiger partial charge in [-0.3, -0.25) is 9.69 Å². The van der Waals surface area contributed by atoms with Crippen molar-refractivity contribution in [3.63, 3.8) is 0 Å². The molecule has 0 spiro atoms. The molecule has 1 fully saturated rings. The van der Waals surface area contributed by atoms with Gasteiger partial charge < -0.3 is 4.90 Å². The van der Waals surface area contributed by atoms with E-state index in [4.69, 9.17) is 11.6 Å². The monoisotopic (exact) mass is 449 g/mol. The lowest BCUT2D eigenvalue weighted by Crippen LogP contribution is -2.52. The van der Waals surface area contributed by atoms with Gasteiger partial charge in [0.1, 0.15) is 0 Å². The maximum absolute atomic E-state index is 12.7. The molecule has 0 N–H and O–H groups in total. The van der Waals surface area contributed by atoms with E-state index >= 15 is 0 Å². The standard InChI is InChI=1S/C22H28ClN3O3S/c1-18(20-8-10-21(23)11-9-20)24(2)16-22(27)25-12-14-26(15-13-25)30(28,29)17-19-6-4-3-5-7-19/h3-11,18H,12-17H2,1-2H3. The lowest BCUT2D eigenvalue weighted by Gasteiger charge is -2.35. The summed E-state index contributed by atoms with van der Waals surface area (Å²) in [6, 6.07) is 16.9. The lowest BCUT2D eigenvalue weighted by molar-refractivity contribution is -0.133. The largest absolute Gasteiger partial charge is 0.339 e. The molecule has 0 aliphatic carbocycles. The van der Waals surface area contributed by atoms with Crippen molar-refractivity contribution < 1.29 is 13.2 Å². The van der Waals surface area contributed by atoms with Crippen LogP contribution in [0.3, 0.4) is 0 Å². The molecule has 1 aliphatic rings. The topological polar surface area (TPSA) is 60.9 Å². The molecule has 0 aromatic heterocycles. The zero-order valence-corrected chi connectivity index (χ0v) is 18.9. The van der Waals surface area contributed by atoms with Crippen molar-refractivity contribution in [2.75, 3.05) is 39.8 Å². The minimum Gasteiger partial charge on any atom is -0.339 e. The molecular formula is C22H28ClN3O3S. The second-order valence-electron chi connectivity index (χ2n) is 7.66. The average molecular weight is 450 g/mol. The van der Waals surface area contributed by atoms with Crippen LogP contribution in [0.25, 0.3) is 0 Å². The van der Waals surface area contributed by atoms with Gasteiger partial charge in [0.2, 0.25) is 15.9 Å². The van der Waals surface area contributed by atoms with Gasteiger partial charge in [-0.15, -0.1) is 0 Å². The van der Waals surface area contributed by atoms with Crippen LogP contribution in [0, 0.1) is 0 Å². The fourth-order valence-corrected chi connectivity index (χ4v) is 5.18. The van der Waals surface area contributed by atoms with Crippen molar-refractivity contribution in [3.8, 4) is 0 Å². The van der Waals surface area contributed by atoms with Crippen molar-refractivity contribution in [2.24, 2.45) is 0 Å². The highest BCUT2D eigenvalue weighted by Crippen LogP contribution is 2.21. The Kier molecular flexibility index (Phi) is 7.52. The Bertz CT molecular complexity index is 943.